The van der Waals surface area contributed by atoms with Gasteiger partial charge in [-0.1, -0.05) is 29.8 Å². The van der Waals surface area contributed by atoms with Crippen LogP contribution in [-0.4, -0.2) is 39.9 Å². The number of piperidine rings is 1. The maximum absolute atomic E-state index is 13.6. The first-order valence-electron chi connectivity index (χ1n) is 10.1. The predicted octanol–water partition coefficient (Wildman–Crippen LogP) is 2.99. The van der Waals surface area contributed by atoms with Gasteiger partial charge in [-0.3, -0.25) is 24.6 Å². The van der Waals surface area contributed by atoms with Crippen LogP contribution in [0.5, 0.6) is 0 Å². The van der Waals surface area contributed by atoms with Crippen molar-refractivity contribution in [1.82, 2.24) is 15.5 Å². The zero-order valence-corrected chi connectivity index (χ0v) is 17.8. The first-order valence-corrected chi connectivity index (χ1v) is 10.5. The summed E-state index contributed by atoms with van der Waals surface area (Å²) in [6.45, 7) is 0.0981. The van der Waals surface area contributed by atoms with Crippen LogP contribution in [-0.2, 0) is 16.1 Å². The second-order valence-electron chi connectivity index (χ2n) is 7.93. The van der Waals surface area contributed by atoms with Crippen molar-refractivity contribution in [3.05, 3.63) is 69.7 Å². The van der Waals surface area contributed by atoms with Crippen molar-refractivity contribution < 1.29 is 32.7 Å². The van der Waals surface area contributed by atoms with E-state index in [1.165, 1.54) is 41.3 Å². The van der Waals surface area contributed by atoms with Gasteiger partial charge in [0.2, 0.25) is 11.8 Å². The number of carbonyl (C=O) groups is 3. The molecule has 7 nitrogen and oxygen atoms in total. The minimum Gasteiger partial charge on any atom is -0.374 e. The molecule has 2 aliphatic rings. The average Bonchev–Trinajstić information content (AvgIpc) is 3.06. The lowest BCUT2D eigenvalue weighted by Gasteiger charge is -2.31. The summed E-state index contributed by atoms with van der Waals surface area (Å²) >= 11 is 5.81. The largest absolute Gasteiger partial charge is 0.412 e. The van der Waals surface area contributed by atoms with Gasteiger partial charge in [0.05, 0.1) is 6.04 Å². The molecule has 3 atom stereocenters. The van der Waals surface area contributed by atoms with E-state index in [1.54, 1.807) is 0 Å². The molecule has 174 valence electrons. The summed E-state index contributed by atoms with van der Waals surface area (Å²) in [6.07, 6.45) is -5.53. The van der Waals surface area contributed by atoms with Crippen LogP contribution in [0.25, 0.3) is 0 Å². The van der Waals surface area contributed by atoms with E-state index in [4.69, 9.17) is 11.6 Å². The van der Waals surface area contributed by atoms with Gasteiger partial charge < -0.3 is 10.4 Å². The van der Waals surface area contributed by atoms with Gasteiger partial charge in [-0.15, -0.1) is 0 Å². The number of benzene rings is 2. The number of hydrogen-bond donors (Lipinski definition) is 3. The lowest BCUT2D eigenvalue weighted by atomic mass is 10.0. The SMILES string of the molecule is O=C1CCC(N2Cc3cc(C(=O)N[C@H](c4cccc(Cl)c4)C(F)(F)F)ccc3C2O)C(=O)N1. The third-order valence-corrected chi connectivity index (χ3v) is 5.98. The number of imide groups is 1. The average molecular weight is 482 g/mol. The lowest BCUT2D eigenvalue weighted by molar-refractivity contribution is -0.155. The topological polar surface area (TPSA) is 98.7 Å². The van der Waals surface area contributed by atoms with Crippen LogP contribution in [0.4, 0.5) is 13.2 Å². The summed E-state index contributed by atoms with van der Waals surface area (Å²) in [7, 11) is 0. The second-order valence-corrected chi connectivity index (χ2v) is 8.37. The van der Waals surface area contributed by atoms with Crippen molar-refractivity contribution in [2.45, 2.75) is 43.9 Å². The molecule has 0 aromatic heterocycles. The van der Waals surface area contributed by atoms with Gasteiger partial charge in [-0.05, 0) is 47.4 Å². The monoisotopic (exact) mass is 481 g/mol. The number of alkyl halides is 3. The second kappa shape index (κ2) is 8.77. The number of halogens is 4. The molecule has 2 heterocycles. The van der Waals surface area contributed by atoms with Crippen LogP contribution in [0, 0.1) is 0 Å². The molecule has 2 unspecified atom stereocenters. The van der Waals surface area contributed by atoms with Gasteiger partial charge in [0.1, 0.15) is 6.23 Å². The Morgan fingerprint density at radius 1 is 1.21 bits per heavy atom. The molecular formula is C22H19ClF3N3O4. The number of nitrogens with zero attached hydrogens (tertiary/aromatic N) is 1. The molecule has 2 aromatic rings. The van der Waals surface area contributed by atoms with E-state index in [2.05, 4.69) is 5.32 Å². The fraction of sp³-hybridized carbons (Fsp3) is 0.318. The van der Waals surface area contributed by atoms with Gasteiger partial charge in [-0.2, -0.15) is 13.2 Å². The van der Waals surface area contributed by atoms with Gasteiger partial charge in [0, 0.05) is 23.6 Å². The number of nitrogens with one attached hydrogen (secondary N) is 2. The molecule has 0 bridgehead atoms. The molecule has 33 heavy (non-hydrogen) atoms. The Morgan fingerprint density at radius 2 is 1.97 bits per heavy atom. The Kier molecular flexibility index (Phi) is 6.17. The molecule has 1 fully saturated rings. The Labute approximate surface area is 191 Å². The van der Waals surface area contributed by atoms with Crippen LogP contribution in [0.1, 0.15) is 52.2 Å². The summed E-state index contributed by atoms with van der Waals surface area (Å²) in [5, 5.41) is 15.0. The van der Waals surface area contributed by atoms with Crippen LogP contribution < -0.4 is 10.6 Å². The third kappa shape index (κ3) is 4.73. The molecule has 2 aliphatic heterocycles. The fourth-order valence-electron chi connectivity index (χ4n) is 4.13. The number of carbonyl (C=O) groups excluding carboxylic acids is 3. The van der Waals surface area contributed by atoms with E-state index in [0.29, 0.717) is 11.1 Å². The van der Waals surface area contributed by atoms with E-state index >= 15 is 0 Å². The first kappa shape index (κ1) is 23.2. The standard InChI is InChI=1S/C22H19ClF3N3O4/c23-14-3-1-2-11(9-14)18(22(24,25)26)28-19(31)12-4-5-15-13(8-12)10-29(21(15)33)16-6-7-17(30)27-20(16)32/h1-5,8-9,16,18,21,33H,6-7,10H2,(H,28,31)(H,27,30,32)/t16?,18-,21?/m1/s1. The molecule has 3 N–H and O–H groups in total. The number of aliphatic hydroxyl groups is 1. The van der Waals surface area contributed by atoms with E-state index < -0.39 is 36.3 Å². The molecule has 0 saturated carbocycles. The summed E-state index contributed by atoms with van der Waals surface area (Å²) in [6, 6.07) is 6.31. The minimum atomic E-state index is -4.75. The molecule has 0 aliphatic carbocycles. The highest BCUT2D eigenvalue weighted by Crippen LogP contribution is 2.37. The minimum absolute atomic E-state index is 0.0256. The smallest absolute Gasteiger partial charge is 0.374 e. The maximum Gasteiger partial charge on any atom is 0.412 e. The zero-order chi connectivity index (χ0) is 23.9. The summed E-state index contributed by atoms with van der Waals surface area (Å²) in [5.74, 6) is -1.86. The zero-order valence-electron chi connectivity index (χ0n) is 17.0. The van der Waals surface area contributed by atoms with Crippen molar-refractivity contribution >= 4 is 29.3 Å². The Bertz CT molecular complexity index is 1120. The highest BCUT2D eigenvalue weighted by Gasteiger charge is 2.43. The van der Waals surface area contributed by atoms with Gasteiger partial charge in [0.25, 0.3) is 5.91 Å². The number of aliphatic hydroxyl groups excluding tert-OH is 1. The normalized spacial score (nSPS) is 22.0. The molecular weight excluding hydrogens is 463 g/mol. The van der Waals surface area contributed by atoms with E-state index in [0.717, 1.165) is 6.07 Å². The number of fused-ring (bicyclic) bond motifs is 1. The third-order valence-electron chi connectivity index (χ3n) is 5.75. The molecule has 0 radical (unpaired) electrons. The van der Waals surface area contributed by atoms with Crippen molar-refractivity contribution in [2.24, 2.45) is 0 Å². The van der Waals surface area contributed by atoms with Crippen LogP contribution in [0.15, 0.2) is 42.5 Å². The van der Waals surface area contributed by atoms with Crippen molar-refractivity contribution in [2.75, 3.05) is 0 Å². The first-order chi connectivity index (χ1) is 15.5. The lowest BCUT2D eigenvalue weighted by Crippen LogP contribution is -2.51. The Hall–Kier alpha value is -2.95. The summed E-state index contributed by atoms with van der Waals surface area (Å²) < 4.78 is 40.9. The van der Waals surface area contributed by atoms with E-state index in [9.17, 15) is 32.7 Å². The van der Waals surface area contributed by atoms with E-state index in [-0.39, 0.29) is 41.4 Å². The number of rotatable bonds is 4. The van der Waals surface area contributed by atoms with Gasteiger partial charge in [0.15, 0.2) is 6.04 Å². The Balaban J connectivity index is 1.54. The van der Waals surface area contributed by atoms with Crippen LogP contribution in [0.3, 0.4) is 0 Å². The maximum atomic E-state index is 13.6. The molecule has 4 rings (SSSR count). The van der Waals surface area contributed by atoms with Crippen molar-refractivity contribution in [3.63, 3.8) is 0 Å². The highest BCUT2D eigenvalue weighted by molar-refractivity contribution is 6.30. The van der Waals surface area contributed by atoms with Crippen molar-refractivity contribution in [1.29, 1.82) is 0 Å². The Morgan fingerprint density at radius 3 is 2.64 bits per heavy atom. The highest BCUT2D eigenvalue weighted by atomic mass is 35.5. The van der Waals surface area contributed by atoms with Gasteiger partial charge in [-0.25, -0.2) is 0 Å². The summed E-state index contributed by atoms with van der Waals surface area (Å²) in [5.41, 5.74) is 0.718. The molecule has 1 saturated heterocycles. The molecule has 2 aromatic carbocycles. The number of hydrogen-bond acceptors (Lipinski definition) is 5. The van der Waals surface area contributed by atoms with Crippen molar-refractivity contribution in [3.8, 4) is 0 Å². The van der Waals surface area contributed by atoms with Crippen LogP contribution >= 0.6 is 11.6 Å². The van der Waals surface area contributed by atoms with Crippen LogP contribution in [0.2, 0.25) is 5.02 Å². The van der Waals surface area contributed by atoms with Gasteiger partial charge >= 0.3 is 6.18 Å². The van der Waals surface area contributed by atoms with E-state index in [1.807, 2.05) is 5.32 Å². The molecule has 11 heteroatoms. The fourth-order valence-corrected chi connectivity index (χ4v) is 4.33. The summed E-state index contributed by atoms with van der Waals surface area (Å²) in [4.78, 5) is 37.7. The quantitative estimate of drug-likeness (QED) is 0.583. The molecule has 3 amide bonds. The predicted molar refractivity (Wildman–Crippen MR) is 111 cm³/mol. The number of amides is 3. The molecule has 0 spiro atoms.